The average molecular weight is 383 g/mol. The van der Waals surface area contributed by atoms with E-state index in [2.05, 4.69) is 5.32 Å². The summed E-state index contributed by atoms with van der Waals surface area (Å²) in [6.45, 7) is 1.54. The SMILES string of the molecule is O=C(C=Cc1ccccc1Cl)Nc1ccccc1C(=O)N1CCCCCC1. The summed E-state index contributed by atoms with van der Waals surface area (Å²) in [5.41, 5.74) is 1.82. The number of nitrogens with one attached hydrogen (secondary N) is 1. The molecule has 1 N–H and O–H groups in total. The maximum atomic E-state index is 12.9. The number of carbonyl (C=O) groups excluding carboxylic acids is 2. The molecule has 3 rings (SSSR count). The number of carbonyl (C=O) groups is 2. The predicted octanol–water partition coefficient (Wildman–Crippen LogP) is 5.01. The molecule has 1 heterocycles. The first-order valence-electron chi connectivity index (χ1n) is 9.27. The summed E-state index contributed by atoms with van der Waals surface area (Å²) >= 11 is 6.10. The van der Waals surface area contributed by atoms with Crippen LogP contribution in [0.25, 0.3) is 6.08 Å². The van der Waals surface area contributed by atoms with E-state index in [0.29, 0.717) is 16.3 Å². The minimum Gasteiger partial charge on any atom is -0.339 e. The molecular formula is C22H23ClN2O2. The van der Waals surface area contributed by atoms with Gasteiger partial charge in [-0.15, -0.1) is 0 Å². The number of para-hydroxylation sites is 1. The largest absolute Gasteiger partial charge is 0.339 e. The van der Waals surface area contributed by atoms with E-state index in [0.717, 1.165) is 44.3 Å². The van der Waals surface area contributed by atoms with Gasteiger partial charge in [-0.1, -0.05) is 54.8 Å². The summed E-state index contributed by atoms with van der Waals surface area (Å²) in [5.74, 6) is -0.325. The summed E-state index contributed by atoms with van der Waals surface area (Å²) in [6.07, 6.45) is 7.47. The first-order valence-corrected chi connectivity index (χ1v) is 9.65. The highest BCUT2D eigenvalue weighted by Crippen LogP contribution is 2.20. The van der Waals surface area contributed by atoms with Gasteiger partial charge in [0.2, 0.25) is 5.91 Å². The number of anilines is 1. The molecule has 2 aromatic carbocycles. The molecule has 1 aliphatic rings. The van der Waals surface area contributed by atoms with Gasteiger partial charge in [-0.2, -0.15) is 0 Å². The first-order chi connectivity index (χ1) is 13.1. The van der Waals surface area contributed by atoms with Crippen LogP contribution in [0.15, 0.2) is 54.6 Å². The molecule has 0 spiro atoms. The van der Waals surface area contributed by atoms with Crippen molar-refractivity contribution in [3.05, 3.63) is 70.8 Å². The van der Waals surface area contributed by atoms with Gasteiger partial charge in [0.15, 0.2) is 0 Å². The molecule has 0 aromatic heterocycles. The topological polar surface area (TPSA) is 49.4 Å². The second kappa shape index (κ2) is 9.38. The Morgan fingerprint density at radius 1 is 0.926 bits per heavy atom. The van der Waals surface area contributed by atoms with Gasteiger partial charge in [-0.05, 0) is 42.7 Å². The lowest BCUT2D eigenvalue weighted by Crippen LogP contribution is -2.32. The fraction of sp³-hybridized carbons (Fsp3) is 0.273. The molecule has 0 radical (unpaired) electrons. The van der Waals surface area contributed by atoms with E-state index in [9.17, 15) is 9.59 Å². The van der Waals surface area contributed by atoms with E-state index in [4.69, 9.17) is 11.6 Å². The van der Waals surface area contributed by atoms with Crippen molar-refractivity contribution in [2.45, 2.75) is 25.7 Å². The minimum atomic E-state index is -0.300. The van der Waals surface area contributed by atoms with Crippen molar-refractivity contribution in [1.29, 1.82) is 0 Å². The number of amides is 2. The number of halogens is 1. The smallest absolute Gasteiger partial charge is 0.255 e. The third kappa shape index (κ3) is 5.20. The Balaban J connectivity index is 1.72. The Morgan fingerprint density at radius 3 is 2.33 bits per heavy atom. The van der Waals surface area contributed by atoms with Crippen LogP contribution in [-0.4, -0.2) is 29.8 Å². The number of benzene rings is 2. The standard InChI is InChI=1S/C22H23ClN2O2/c23-19-11-5-3-9-17(19)13-14-21(26)24-20-12-6-4-10-18(20)22(27)25-15-7-1-2-8-16-25/h3-6,9-14H,1-2,7-8,15-16H2,(H,24,26). The normalized spacial score (nSPS) is 14.8. The molecule has 2 amide bonds. The molecule has 0 unspecified atom stereocenters. The van der Waals surface area contributed by atoms with Crippen molar-refractivity contribution >= 4 is 35.2 Å². The molecule has 0 saturated carbocycles. The Labute approximate surface area is 164 Å². The monoisotopic (exact) mass is 382 g/mol. The zero-order valence-electron chi connectivity index (χ0n) is 15.2. The van der Waals surface area contributed by atoms with Crippen molar-refractivity contribution < 1.29 is 9.59 Å². The van der Waals surface area contributed by atoms with Crippen LogP contribution in [0.2, 0.25) is 5.02 Å². The van der Waals surface area contributed by atoms with Crippen LogP contribution >= 0.6 is 11.6 Å². The summed E-state index contributed by atoms with van der Waals surface area (Å²) in [6, 6.07) is 14.5. The number of hydrogen-bond donors (Lipinski definition) is 1. The van der Waals surface area contributed by atoms with Crippen LogP contribution in [-0.2, 0) is 4.79 Å². The van der Waals surface area contributed by atoms with Crippen LogP contribution in [0.1, 0.15) is 41.6 Å². The van der Waals surface area contributed by atoms with Crippen molar-refractivity contribution in [3.63, 3.8) is 0 Å². The molecule has 27 heavy (non-hydrogen) atoms. The number of rotatable bonds is 4. The second-order valence-corrected chi connectivity index (χ2v) is 7.00. The second-order valence-electron chi connectivity index (χ2n) is 6.60. The van der Waals surface area contributed by atoms with Gasteiger partial charge in [0, 0.05) is 24.2 Å². The van der Waals surface area contributed by atoms with E-state index in [-0.39, 0.29) is 11.8 Å². The third-order valence-electron chi connectivity index (χ3n) is 4.63. The lowest BCUT2D eigenvalue weighted by molar-refractivity contribution is -0.111. The highest BCUT2D eigenvalue weighted by atomic mass is 35.5. The van der Waals surface area contributed by atoms with Crippen molar-refractivity contribution in [3.8, 4) is 0 Å². The van der Waals surface area contributed by atoms with Gasteiger partial charge in [-0.3, -0.25) is 9.59 Å². The molecule has 1 saturated heterocycles. The Hall–Kier alpha value is -2.59. The first kappa shape index (κ1) is 19.2. The molecule has 0 aliphatic carbocycles. The van der Waals surface area contributed by atoms with Crippen LogP contribution in [0, 0.1) is 0 Å². The quantitative estimate of drug-likeness (QED) is 0.756. The van der Waals surface area contributed by atoms with Crippen LogP contribution in [0.5, 0.6) is 0 Å². The summed E-state index contributed by atoms with van der Waals surface area (Å²) < 4.78 is 0. The fourth-order valence-electron chi connectivity index (χ4n) is 3.17. The summed E-state index contributed by atoms with van der Waals surface area (Å²) in [7, 11) is 0. The maximum Gasteiger partial charge on any atom is 0.255 e. The lowest BCUT2D eigenvalue weighted by atomic mass is 10.1. The van der Waals surface area contributed by atoms with Gasteiger partial charge >= 0.3 is 0 Å². The van der Waals surface area contributed by atoms with Crippen LogP contribution < -0.4 is 5.32 Å². The van der Waals surface area contributed by atoms with Gasteiger partial charge in [0.05, 0.1) is 11.3 Å². The summed E-state index contributed by atoms with van der Waals surface area (Å²) in [5, 5.41) is 3.40. The fourth-order valence-corrected chi connectivity index (χ4v) is 3.37. The third-order valence-corrected chi connectivity index (χ3v) is 4.97. The Morgan fingerprint density at radius 2 is 1.59 bits per heavy atom. The molecule has 1 fully saturated rings. The summed E-state index contributed by atoms with van der Waals surface area (Å²) in [4.78, 5) is 27.1. The van der Waals surface area contributed by atoms with E-state index in [1.807, 2.05) is 35.2 Å². The van der Waals surface area contributed by atoms with Gasteiger partial charge in [0.25, 0.3) is 5.91 Å². The number of hydrogen-bond acceptors (Lipinski definition) is 2. The number of likely N-dealkylation sites (tertiary alicyclic amines) is 1. The number of nitrogens with zero attached hydrogens (tertiary/aromatic N) is 1. The van der Waals surface area contributed by atoms with E-state index < -0.39 is 0 Å². The highest BCUT2D eigenvalue weighted by Gasteiger charge is 2.20. The molecule has 1 aliphatic heterocycles. The predicted molar refractivity (Wildman–Crippen MR) is 110 cm³/mol. The van der Waals surface area contributed by atoms with E-state index >= 15 is 0 Å². The lowest BCUT2D eigenvalue weighted by Gasteiger charge is -2.21. The van der Waals surface area contributed by atoms with Crippen molar-refractivity contribution in [1.82, 2.24) is 4.90 Å². The molecule has 0 atom stereocenters. The van der Waals surface area contributed by atoms with Crippen molar-refractivity contribution in [2.24, 2.45) is 0 Å². The molecule has 5 heteroatoms. The Kier molecular flexibility index (Phi) is 6.66. The van der Waals surface area contributed by atoms with Crippen LogP contribution in [0.4, 0.5) is 5.69 Å². The molecular weight excluding hydrogens is 360 g/mol. The molecule has 2 aromatic rings. The van der Waals surface area contributed by atoms with Gasteiger partial charge in [-0.25, -0.2) is 0 Å². The molecule has 140 valence electrons. The Bertz CT molecular complexity index is 840. The van der Waals surface area contributed by atoms with Crippen molar-refractivity contribution in [2.75, 3.05) is 18.4 Å². The highest BCUT2D eigenvalue weighted by molar-refractivity contribution is 6.32. The minimum absolute atomic E-state index is 0.0251. The zero-order chi connectivity index (χ0) is 19.1. The molecule has 0 bridgehead atoms. The maximum absolute atomic E-state index is 12.9. The van der Waals surface area contributed by atoms with E-state index in [1.54, 1.807) is 24.3 Å². The molecule has 4 nitrogen and oxygen atoms in total. The van der Waals surface area contributed by atoms with Gasteiger partial charge < -0.3 is 10.2 Å². The average Bonchev–Trinajstić information content (AvgIpc) is 2.97. The van der Waals surface area contributed by atoms with Crippen LogP contribution in [0.3, 0.4) is 0 Å². The van der Waals surface area contributed by atoms with E-state index in [1.165, 1.54) is 6.08 Å². The van der Waals surface area contributed by atoms with Gasteiger partial charge in [0.1, 0.15) is 0 Å². The zero-order valence-corrected chi connectivity index (χ0v) is 15.9.